The Balaban J connectivity index is 0.00000300. The van der Waals surface area contributed by atoms with Gasteiger partial charge in [0.2, 0.25) is 17.9 Å². The zero-order valence-corrected chi connectivity index (χ0v) is 16.5. The smallest absolute Gasteiger partial charge is 0.429 e. The van der Waals surface area contributed by atoms with Crippen LogP contribution < -0.4 is 27.6 Å². The summed E-state index contributed by atoms with van der Waals surface area (Å²) in [7, 11) is 1.54. The lowest BCUT2D eigenvalue weighted by atomic mass is 10.0. The number of benzene rings is 2. The van der Waals surface area contributed by atoms with Gasteiger partial charge in [0.05, 0.1) is 7.11 Å². The van der Waals surface area contributed by atoms with E-state index in [1.54, 1.807) is 37.4 Å². The Morgan fingerprint density at radius 1 is 1.00 bits per heavy atom. The fraction of sp³-hybridized carbons (Fsp3) is 0.158. The van der Waals surface area contributed by atoms with Crippen LogP contribution in [0.3, 0.4) is 0 Å². The van der Waals surface area contributed by atoms with Crippen LogP contribution in [-0.2, 0) is 0 Å². The molecule has 0 aliphatic heterocycles. The van der Waals surface area contributed by atoms with E-state index in [-0.39, 0.29) is 35.0 Å². The third-order valence-corrected chi connectivity index (χ3v) is 4.03. The Morgan fingerprint density at radius 2 is 1.69 bits per heavy atom. The van der Waals surface area contributed by atoms with E-state index in [1.165, 1.54) is 12.1 Å². The quantitative estimate of drug-likeness (QED) is 0.610. The third kappa shape index (κ3) is 5.65. The molecule has 0 bridgehead atoms. The topological polar surface area (TPSA) is 70.3 Å². The van der Waals surface area contributed by atoms with Gasteiger partial charge in [-0.25, -0.2) is 4.98 Å². The summed E-state index contributed by atoms with van der Waals surface area (Å²) in [5.74, 6) is 0.00445. The average Bonchev–Trinajstić information content (AvgIpc) is 2.65. The molecule has 3 aromatic rings. The molecular formula is C19H15Cl2F3N3O2-. The normalized spacial score (nSPS) is 12.0. The summed E-state index contributed by atoms with van der Waals surface area (Å²) < 4.78 is 50.9. The highest BCUT2D eigenvalue weighted by Crippen LogP contribution is 2.37. The molecule has 5 nitrogen and oxygen atoms in total. The first-order valence-corrected chi connectivity index (χ1v) is 8.42. The Bertz CT molecular complexity index is 949. The summed E-state index contributed by atoms with van der Waals surface area (Å²) in [5, 5.41) is -0.114. The number of nitrogen functional groups attached to an aromatic ring is 1. The summed E-state index contributed by atoms with van der Waals surface area (Å²) in [6.45, 7) is 0. The van der Waals surface area contributed by atoms with Crippen LogP contribution in [0.4, 0.5) is 19.1 Å². The van der Waals surface area contributed by atoms with Crippen molar-refractivity contribution in [1.82, 2.24) is 9.97 Å². The molecule has 1 aromatic heterocycles. The minimum atomic E-state index is -4.68. The van der Waals surface area contributed by atoms with Crippen molar-refractivity contribution in [3.63, 3.8) is 0 Å². The molecule has 0 fully saturated rings. The van der Waals surface area contributed by atoms with Crippen molar-refractivity contribution in [3.05, 3.63) is 65.3 Å². The van der Waals surface area contributed by atoms with Gasteiger partial charge in [0.1, 0.15) is 10.9 Å². The molecule has 1 heterocycles. The van der Waals surface area contributed by atoms with E-state index in [2.05, 4.69) is 9.97 Å². The van der Waals surface area contributed by atoms with Crippen molar-refractivity contribution in [2.75, 3.05) is 12.8 Å². The van der Waals surface area contributed by atoms with Crippen molar-refractivity contribution in [2.24, 2.45) is 0 Å². The van der Waals surface area contributed by atoms with Crippen LogP contribution in [0.5, 0.6) is 11.6 Å². The maximum Gasteiger partial charge on any atom is 0.429 e. The number of methoxy groups -OCH3 is 1. The molecule has 0 spiro atoms. The Labute approximate surface area is 176 Å². The number of rotatable bonds is 5. The van der Waals surface area contributed by atoms with E-state index in [0.29, 0.717) is 5.75 Å². The first-order chi connectivity index (χ1) is 13.3. The summed E-state index contributed by atoms with van der Waals surface area (Å²) >= 11 is 5.70. The molecule has 0 aliphatic carbocycles. The molecule has 0 unspecified atom stereocenters. The molecule has 10 heteroatoms. The second-order valence-corrected chi connectivity index (χ2v) is 6.17. The van der Waals surface area contributed by atoms with Crippen molar-refractivity contribution in [2.45, 2.75) is 12.3 Å². The molecule has 0 saturated heterocycles. The van der Waals surface area contributed by atoms with Gasteiger partial charge in [-0.2, -0.15) is 18.2 Å². The van der Waals surface area contributed by atoms with E-state index in [1.807, 2.05) is 6.07 Å². The summed E-state index contributed by atoms with van der Waals surface area (Å²) in [5.41, 5.74) is 6.87. The number of ether oxygens (including phenoxy) is 2. The second kappa shape index (κ2) is 9.19. The van der Waals surface area contributed by atoms with Crippen molar-refractivity contribution in [1.29, 1.82) is 0 Å². The Morgan fingerprint density at radius 3 is 2.28 bits per heavy atom. The number of nitrogens with two attached hydrogens (primary N) is 1. The highest BCUT2D eigenvalue weighted by molar-refractivity contribution is 6.29. The highest BCUT2D eigenvalue weighted by atomic mass is 35.5. The molecule has 0 amide bonds. The molecular weight excluding hydrogens is 430 g/mol. The molecule has 0 radical (unpaired) electrons. The number of nitrogens with zero attached hydrogens (tertiary/aromatic N) is 2. The van der Waals surface area contributed by atoms with Crippen LogP contribution in [-0.4, -0.2) is 23.3 Å². The largest absolute Gasteiger partial charge is 1.00 e. The molecule has 1 atom stereocenters. The minimum absolute atomic E-state index is 0. The molecule has 29 heavy (non-hydrogen) atoms. The van der Waals surface area contributed by atoms with E-state index >= 15 is 0 Å². The van der Waals surface area contributed by atoms with Crippen LogP contribution >= 0.6 is 11.6 Å². The summed E-state index contributed by atoms with van der Waals surface area (Å²) in [4.78, 5) is 7.24. The van der Waals surface area contributed by atoms with Crippen LogP contribution in [0.2, 0.25) is 5.15 Å². The first-order valence-electron chi connectivity index (χ1n) is 8.04. The molecule has 0 saturated carbocycles. The lowest BCUT2D eigenvalue weighted by molar-refractivity contribution is -0.198. The zero-order valence-electron chi connectivity index (χ0n) is 15.0. The fourth-order valence-electron chi connectivity index (χ4n) is 2.57. The number of alkyl halides is 3. The van der Waals surface area contributed by atoms with Crippen LogP contribution in [0.1, 0.15) is 11.7 Å². The lowest BCUT2D eigenvalue weighted by Crippen LogP contribution is -3.00. The van der Waals surface area contributed by atoms with Crippen molar-refractivity contribution >= 4 is 17.5 Å². The number of aromatic nitrogens is 2. The number of hydrogen-bond donors (Lipinski definition) is 1. The lowest BCUT2D eigenvalue weighted by Gasteiger charge is -2.22. The van der Waals surface area contributed by atoms with E-state index in [0.717, 1.165) is 17.2 Å². The van der Waals surface area contributed by atoms with E-state index in [4.69, 9.17) is 26.8 Å². The molecule has 0 aliphatic rings. The molecule has 2 aromatic carbocycles. The van der Waals surface area contributed by atoms with Gasteiger partial charge in [-0.05, 0) is 23.3 Å². The van der Waals surface area contributed by atoms with Crippen LogP contribution in [0.15, 0.2) is 54.6 Å². The van der Waals surface area contributed by atoms with Crippen molar-refractivity contribution < 1.29 is 35.1 Å². The SMILES string of the molecule is COc1cccc(-c2ccc([C@@H](Oc3cc(Cl)nc(N)n3)C(F)(F)F)cc2)c1.[Cl-]. The van der Waals surface area contributed by atoms with Crippen LogP contribution in [0.25, 0.3) is 11.1 Å². The second-order valence-electron chi connectivity index (χ2n) is 5.78. The monoisotopic (exact) mass is 444 g/mol. The minimum Gasteiger partial charge on any atom is -1.00 e. The number of anilines is 1. The van der Waals surface area contributed by atoms with Gasteiger partial charge in [0, 0.05) is 11.6 Å². The van der Waals surface area contributed by atoms with Gasteiger partial charge in [-0.1, -0.05) is 48.0 Å². The Hall–Kier alpha value is -2.71. The summed E-state index contributed by atoms with van der Waals surface area (Å²) in [6.07, 6.45) is -6.92. The highest BCUT2D eigenvalue weighted by Gasteiger charge is 2.43. The van der Waals surface area contributed by atoms with E-state index in [9.17, 15) is 13.2 Å². The maximum absolute atomic E-state index is 13.6. The van der Waals surface area contributed by atoms with Crippen molar-refractivity contribution in [3.8, 4) is 22.8 Å². The van der Waals surface area contributed by atoms with Gasteiger partial charge >= 0.3 is 6.18 Å². The fourth-order valence-corrected chi connectivity index (χ4v) is 2.75. The molecule has 3 rings (SSSR count). The Kier molecular flexibility index (Phi) is 7.16. The standard InChI is InChI=1S/C19H15ClF3N3O2.ClH/c1-27-14-4-2-3-13(9-14)11-5-7-12(8-6-11)17(19(21,22)23)28-16-10-15(20)25-18(24)26-16;/h2-10,17H,1H3,(H2,24,25,26);1H/p-1/t17-;/m1./s1. The van der Waals surface area contributed by atoms with Gasteiger partial charge in [0.25, 0.3) is 0 Å². The average molecular weight is 445 g/mol. The molecule has 2 N–H and O–H groups in total. The zero-order chi connectivity index (χ0) is 20.3. The van der Waals surface area contributed by atoms with Crippen LogP contribution in [0, 0.1) is 0 Å². The van der Waals surface area contributed by atoms with Gasteiger partial charge < -0.3 is 27.6 Å². The summed E-state index contributed by atoms with van der Waals surface area (Å²) in [6, 6.07) is 14.1. The first kappa shape index (κ1) is 22.6. The van der Waals surface area contributed by atoms with Gasteiger partial charge in [0.15, 0.2) is 0 Å². The third-order valence-electron chi connectivity index (χ3n) is 3.84. The number of halogens is 5. The number of hydrogen-bond acceptors (Lipinski definition) is 5. The molecule has 154 valence electrons. The maximum atomic E-state index is 13.6. The predicted octanol–water partition coefficient (Wildman–Crippen LogP) is 2.07. The predicted molar refractivity (Wildman–Crippen MR) is 99.3 cm³/mol. The van der Waals surface area contributed by atoms with E-state index < -0.39 is 12.3 Å². The van der Waals surface area contributed by atoms with Gasteiger partial charge in [-0.3, -0.25) is 0 Å². The van der Waals surface area contributed by atoms with Gasteiger partial charge in [-0.15, -0.1) is 0 Å².